The van der Waals surface area contributed by atoms with Crippen LogP contribution in [0.4, 0.5) is 10.5 Å². The number of morpholine rings is 1. The summed E-state index contributed by atoms with van der Waals surface area (Å²) in [5.41, 5.74) is 3.97. The molecule has 0 saturated carbocycles. The lowest BCUT2D eigenvalue weighted by Gasteiger charge is -2.26. The number of ether oxygens (including phenoxy) is 1. The number of hydrogen-bond acceptors (Lipinski definition) is 4. The number of hydrogen-bond donors (Lipinski definition) is 1. The number of carbonyl (C=O) groups is 1. The van der Waals surface area contributed by atoms with Crippen molar-refractivity contribution in [2.24, 2.45) is 0 Å². The van der Waals surface area contributed by atoms with Crippen LogP contribution in [0.15, 0.2) is 71.5 Å². The van der Waals surface area contributed by atoms with Gasteiger partial charge in [-0.25, -0.2) is 9.78 Å². The van der Waals surface area contributed by atoms with Crippen molar-refractivity contribution in [2.45, 2.75) is 13.5 Å². The number of rotatable bonds is 4. The van der Waals surface area contributed by atoms with Gasteiger partial charge in [0.2, 0.25) is 0 Å². The van der Waals surface area contributed by atoms with E-state index in [9.17, 15) is 9.59 Å². The molecule has 1 fully saturated rings. The molecule has 0 aliphatic carbocycles. The van der Waals surface area contributed by atoms with E-state index >= 15 is 0 Å². The molecule has 5 rings (SSSR count). The molecule has 0 atom stereocenters. The molecule has 4 aromatic rings. The predicted octanol–water partition coefficient (Wildman–Crippen LogP) is 4.94. The van der Waals surface area contributed by atoms with Gasteiger partial charge in [0.25, 0.3) is 5.56 Å². The molecule has 1 aromatic heterocycles. The summed E-state index contributed by atoms with van der Waals surface area (Å²) in [6, 6.07) is 20.7. The molecule has 0 radical (unpaired) electrons. The lowest BCUT2D eigenvalue weighted by molar-refractivity contribution is 0.0564. The van der Waals surface area contributed by atoms with Gasteiger partial charge in [-0.05, 0) is 42.3 Å². The highest BCUT2D eigenvalue weighted by Gasteiger charge is 2.17. The molecule has 178 valence electrons. The monoisotopic (exact) mass is 488 g/mol. The third-order valence-corrected chi connectivity index (χ3v) is 6.50. The van der Waals surface area contributed by atoms with Crippen molar-refractivity contribution in [3.8, 4) is 11.1 Å². The topological polar surface area (TPSA) is 76.5 Å². The van der Waals surface area contributed by atoms with Gasteiger partial charge in [-0.2, -0.15) is 0 Å². The second kappa shape index (κ2) is 9.90. The average Bonchev–Trinajstić information content (AvgIpc) is 2.88. The van der Waals surface area contributed by atoms with E-state index in [1.165, 1.54) is 0 Å². The molecule has 35 heavy (non-hydrogen) atoms. The van der Waals surface area contributed by atoms with E-state index in [1.54, 1.807) is 27.7 Å². The number of benzene rings is 3. The van der Waals surface area contributed by atoms with Gasteiger partial charge in [-0.15, -0.1) is 0 Å². The number of halogens is 1. The summed E-state index contributed by atoms with van der Waals surface area (Å²) in [6.07, 6.45) is 0. The van der Waals surface area contributed by atoms with E-state index in [4.69, 9.17) is 16.3 Å². The van der Waals surface area contributed by atoms with Crippen molar-refractivity contribution < 1.29 is 9.53 Å². The number of anilines is 1. The molecule has 3 aromatic carbocycles. The second-order valence-electron chi connectivity index (χ2n) is 8.49. The van der Waals surface area contributed by atoms with Crippen LogP contribution >= 0.6 is 11.6 Å². The summed E-state index contributed by atoms with van der Waals surface area (Å²) < 4.78 is 6.95. The van der Waals surface area contributed by atoms with Gasteiger partial charge in [-0.3, -0.25) is 9.36 Å². The van der Waals surface area contributed by atoms with Crippen molar-refractivity contribution >= 4 is 34.2 Å². The first-order valence-electron chi connectivity index (χ1n) is 11.5. The van der Waals surface area contributed by atoms with Crippen molar-refractivity contribution in [1.82, 2.24) is 14.5 Å². The molecule has 2 heterocycles. The van der Waals surface area contributed by atoms with E-state index in [-0.39, 0.29) is 11.6 Å². The quantitative estimate of drug-likeness (QED) is 0.441. The van der Waals surface area contributed by atoms with Crippen molar-refractivity contribution in [3.05, 3.63) is 93.5 Å². The number of nitrogens with zero attached hydrogens (tertiary/aromatic N) is 3. The van der Waals surface area contributed by atoms with Gasteiger partial charge >= 0.3 is 6.03 Å². The highest BCUT2D eigenvalue weighted by molar-refractivity contribution is 6.33. The Labute approximate surface area is 207 Å². The fourth-order valence-corrected chi connectivity index (χ4v) is 4.48. The smallest absolute Gasteiger partial charge is 0.321 e. The van der Waals surface area contributed by atoms with Crippen LogP contribution in [0.25, 0.3) is 22.0 Å². The molecule has 1 N–H and O–H groups in total. The summed E-state index contributed by atoms with van der Waals surface area (Å²) in [5.74, 6) is 0.628. The van der Waals surface area contributed by atoms with E-state index in [0.29, 0.717) is 60.3 Å². The van der Waals surface area contributed by atoms with E-state index < -0.39 is 0 Å². The molecule has 0 bridgehead atoms. The van der Waals surface area contributed by atoms with Crippen molar-refractivity contribution in [2.75, 3.05) is 31.6 Å². The molecule has 0 unspecified atom stereocenters. The van der Waals surface area contributed by atoms with Crippen LogP contribution in [0.1, 0.15) is 11.4 Å². The molecule has 1 aliphatic heterocycles. The lowest BCUT2D eigenvalue weighted by atomic mass is 10.0. The SMILES string of the molecule is Cc1nc2ccc(NC(=O)N3CCOCC3)cc2c(=O)n1Cc1ccc(-c2ccccc2Cl)cc1. The molecule has 8 heteroatoms. The van der Waals surface area contributed by atoms with Crippen LogP contribution in [-0.4, -0.2) is 46.8 Å². The van der Waals surface area contributed by atoms with Gasteiger partial charge in [0.1, 0.15) is 5.82 Å². The molecular weight excluding hydrogens is 464 g/mol. The minimum Gasteiger partial charge on any atom is -0.378 e. The Balaban J connectivity index is 1.40. The van der Waals surface area contributed by atoms with Crippen LogP contribution < -0.4 is 10.9 Å². The van der Waals surface area contributed by atoms with Crippen LogP contribution in [-0.2, 0) is 11.3 Å². The normalized spacial score (nSPS) is 13.7. The Morgan fingerprint density at radius 2 is 1.80 bits per heavy atom. The van der Waals surface area contributed by atoms with Crippen LogP contribution in [0, 0.1) is 6.92 Å². The number of nitrogens with one attached hydrogen (secondary N) is 1. The fourth-order valence-electron chi connectivity index (χ4n) is 4.23. The summed E-state index contributed by atoms with van der Waals surface area (Å²) in [7, 11) is 0. The van der Waals surface area contributed by atoms with E-state index in [0.717, 1.165) is 16.7 Å². The number of carbonyl (C=O) groups excluding carboxylic acids is 1. The molecule has 2 amide bonds. The summed E-state index contributed by atoms with van der Waals surface area (Å²) in [5, 5.41) is 4.04. The van der Waals surface area contributed by atoms with Crippen LogP contribution in [0.5, 0.6) is 0 Å². The largest absolute Gasteiger partial charge is 0.378 e. The van der Waals surface area contributed by atoms with Crippen LogP contribution in [0.3, 0.4) is 0 Å². The van der Waals surface area contributed by atoms with E-state index in [1.807, 2.05) is 55.5 Å². The Morgan fingerprint density at radius 1 is 1.06 bits per heavy atom. The first kappa shape index (κ1) is 23.1. The van der Waals surface area contributed by atoms with E-state index in [2.05, 4.69) is 10.3 Å². The van der Waals surface area contributed by atoms with Crippen molar-refractivity contribution in [1.29, 1.82) is 0 Å². The summed E-state index contributed by atoms with van der Waals surface area (Å²) >= 11 is 6.33. The van der Waals surface area contributed by atoms with Gasteiger partial charge in [0.05, 0.1) is 30.7 Å². The Kier molecular flexibility index (Phi) is 6.53. The molecule has 1 aliphatic rings. The van der Waals surface area contributed by atoms with Crippen LogP contribution in [0.2, 0.25) is 5.02 Å². The zero-order chi connectivity index (χ0) is 24.4. The molecule has 0 spiro atoms. The number of amides is 2. The number of aromatic nitrogens is 2. The highest BCUT2D eigenvalue weighted by atomic mass is 35.5. The molecule has 7 nitrogen and oxygen atoms in total. The fraction of sp³-hybridized carbons (Fsp3) is 0.222. The Bertz CT molecular complexity index is 1440. The Morgan fingerprint density at radius 3 is 2.54 bits per heavy atom. The molecular formula is C27H25ClN4O3. The molecule has 1 saturated heterocycles. The standard InChI is InChI=1S/C27H25ClN4O3/c1-18-29-25-11-10-21(30-27(34)31-12-14-35-15-13-31)16-23(25)26(33)32(18)17-19-6-8-20(9-7-19)22-4-2-3-5-24(22)28/h2-11,16H,12-15,17H2,1H3,(H,30,34). The van der Waals surface area contributed by atoms with Gasteiger partial charge < -0.3 is 15.0 Å². The second-order valence-corrected chi connectivity index (χ2v) is 8.90. The minimum atomic E-state index is -0.202. The number of aryl methyl sites for hydroxylation is 1. The average molecular weight is 489 g/mol. The lowest BCUT2D eigenvalue weighted by Crippen LogP contribution is -2.43. The van der Waals surface area contributed by atoms with Gasteiger partial charge in [-0.1, -0.05) is 54.1 Å². The third-order valence-electron chi connectivity index (χ3n) is 6.17. The maximum Gasteiger partial charge on any atom is 0.321 e. The zero-order valence-electron chi connectivity index (χ0n) is 19.3. The highest BCUT2D eigenvalue weighted by Crippen LogP contribution is 2.27. The van der Waals surface area contributed by atoms with Crippen molar-refractivity contribution in [3.63, 3.8) is 0 Å². The maximum absolute atomic E-state index is 13.4. The summed E-state index contributed by atoms with van der Waals surface area (Å²) in [4.78, 5) is 32.3. The first-order chi connectivity index (χ1) is 17.0. The Hall–Kier alpha value is -3.68. The first-order valence-corrected chi connectivity index (χ1v) is 11.9. The minimum absolute atomic E-state index is 0.148. The number of fused-ring (bicyclic) bond motifs is 1. The predicted molar refractivity (Wildman–Crippen MR) is 138 cm³/mol. The summed E-state index contributed by atoms with van der Waals surface area (Å²) in [6.45, 7) is 4.36. The van der Waals surface area contributed by atoms with Gasteiger partial charge in [0, 0.05) is 29.4 Å². The zero-order valence-corrected chi connectivity index (χ0v) is 20.1. The van der Waals surface area contributed by atoms with Gasteiger partial charge in [0.15, 0.2) is 0 Å². The number of urea groups is 1. The third kappa shape index (κ3) is 4.92. The maximum atomic E-state index is 13.4.